The van der Waals surface area contributed by atoms with E-state index >= 15 is 0 Å². The van der Waals surface area contributed by atoms with E-state index in [9.17, 15) is 0 Å². The molecule has 0 atom stereocenters. The second-order valence-corrected chi connectivity index (χ2v) is 13.4. The van der Waals surface area contributed by atoms with Crippen molar-refractivity contribution in [3.8, 4) is 28.2 Å². The van der Waals surface area contributed by atoms with E-state index in [4.69, 9.17) is 0 Å². The maximum Gasteiger partial charge on any atom is 0.0641 e. The summed E-state index contributed by atoms with van der Waals surface area (Å²) in [6.45, 7) is 0. The molecule has 0 aliphatic carbocycles. The molecule has 0 N–H and O–H groups in total. The van der Waals surface area contributed by atoms with Crippen LogP contribution in [0.4, 0.5) is 0 Å². The van der Waals surface area contributed by atoms with Gasteiger partial charge in [-0.25, -0.2) is 0 Å². The van der Waals surface area contributed by atoms with Crippen molar-refractivity contribution < 1.29 is 0 Å². The quantitative estimate of drug-likeness (QED) is 0.180. The molecule has 0 unspecified atom stereocenters. The fourth-order valence-corrected chi connectivity index (χ4v) is 8.45. The third-order valence-corrected chi connectivity index (χ3v) is 10.6. The first-order valence-electron chi connectivity index (χ1n) is 17.5. The molecule has 0 radical (unpaired) electrons. The van der Waals surface area contributed by atoms with Crippen molar-refractivity contribution in [3.63, 3.8) is 0 Å². The molecule has 3 aromatic heterocycles. The van der Waals surface area contributed by atoms with Gasteiger partial charge in [0.1, 0.15) is 0 Å². The third-order valence-electron chi connectivity index (χ3n) is 10.6. The van der Waals surface area contributed by atoms with Crippen molar-refractivity contribution in [2.24, 2.45) is 0 Å². The normalized spacial score (nSPS) is 11.9. The summed E-state index contributed by atoms with van der Waals surface area (Å²) >= 11 is 0. The average molecular weight is 650 g/mol. The second-order valence-electron chi connectivity index (χ2n) is 13.4. The van der Waals surface area contributed by atoms with Crippen LogP contribution in [0.1, 0.15) is 0 Å². The molecule has 3 nitrogen and oxygen atoms in total. The maximum atomic E-state index is 2.46. The number of para-hydroxylation sites is 5. The van der Waals surface area contributed by atoms with Gasteiger partial charge >= 0.3 is 0 Å². The van der Waals surface area contributed by atoms with Crippen molar-refractivity contribution in [2.75, 3.05) is 0 Å². The fourth-order valence-electron chi connectivity index (χ4n) is 8.45. The predicted molar refractivity (Wildman–Crippen MR) is 215 cm³/mol. The second kappa shape index (κ2) is 10.8. The van der Waals surface area contributed by atoms with E-state index in [1.54, 1.807) is 0 Å². The van der Waals surface area contributed by atoms with E-state index in [0.717, 1.165) is 11.4 Å². The Morgan fingerprint density at radius 3 is 1.27 bits per heavy atom. The largest absolute Gasteiger partial charge is 0.309 e. The molecule has 11 aromatic rings. The van der Waals surface area contributed by atoms with Gasteiger partial charge in [0, 0.05) is 49.4 Å². The van der Waals surface area contributed by atoms with Crippen LogP contribution in [-0.2, 0) is 0 Å². The lowest BCUT2D eigenvalue weighted by Crippen LogP contribution is -1.95. The third kappa shape index (κ3) is 4.06. The van der Waals surface area contributed by atoms with Crippen LogP contribution < -0.4 is 0 Å². The lowest BCUT2D eigenvalue weighted by Gasteiger charge is -2.09. The summed E-state index contributed by atoms with van der Waals surface area (Å²) < 4.78 is 7.26. The molecule has 11 rings (SSSR count). The molecule has 0 saturated heterocycles. The maximum absolute atomic E-state index is 2.46. The number of hydrogen-bond acceptors (Lipinski definition) is 0. The summed E-state index contributed by atoms with van der Waals surface area (Å²) in [6.07, 6.45) is 0. The number of rotatable bonds is 4. The van der Waals surface area contributed by atoms with E-state index in [-0.39, 0.29) is 0 Å². The molecule has 3 heteroatoms. The Balaban J connectivity index is 1.24. The Morgan fingerprint density at radius 2 is 0.667 bits per heavy atom. The van der Waals surface area contributed by atoms with Gasteiger partial charge in [-0.15, -0.1) is 0 Å². The molecule has 0 spiro atoms. The first kappa shape index (κ1) is 28.0. The number of fused-ring (bicyclic) bond motifs is 10. The summed E-state index contributed by atoms with van der Waals surface area (Å²) in [4.78, 5) is 0. The van der Waals surface area contributed by atoms with Crippen molar-refractivity contribution in [2.45, 2.75) is 0 Å². The van der Waals surface area contributed by atoms with Crippen LogP contribution in [0.25, 0.3) is 93.6 Å². The number of hydrogen-bond donors (Lipinski definition) is 0. The zero-order valence-corrected chi connectivity index (χ0v) is 27.7. The van der Waals surface area contributed by atoms with Crippen LogP contribution in [0.5, 0.6) is 0 Å². The topological polar surface area (TPSA) is 14.8 Å². The van der Waals surface area contributed by atoms with Gasteiger partial charge in [-0.2, -0.15) is 0 Å². The average Bonchev–Trinajstić information content (AvgIpc) is 3.84. The minimum absolute atomic E-state index is 1.15. The lowest BCUT2D eigenvalue weighted by molar-refractivity contribution is 1.17. The highest BCUT2D eigenvalue weighted by Crippen LogP contribution is 2.43. The molecule has 0 bridgehead atoms. The summed E-state index contributed by atoms with van der Waals surface area (Å²) in [7, 11) is 0. The van der Waals surface area contributed by atoms with Crippen LogP contribution in [0.15, 0.2) is 188 Å². The summed E-state index contributed by atoms with van der Waals surface area (Å²) in [5, 5.41) is 7.53. The smallest absolute Gasteiger partial charge is 0.0641 e. The minimum Gasteiger partial charge on any atom is -0.309 e. The number of benzene rings is 8. The van der Waals surface area contributed by atoms with Crippen molar-refractivity contribution in [1.29, 1.82) is 0 Å². The van der Waals surface area contributed by atoms with Crippen LogP contribution in [0.2, 0.25) is 0 Å². The van der Waals surface area contributed by atoms with E-state index < -0.39 is 0 Å². The highest BCUT2D eigenvalue weighted by atomic mass is 15.0. The SMILES string of the molecule is c1ccc(-n2c3ccccc3c3cc(-c4ccc5c(c4)c4c(ccc6c7ccccc7n(-c7ccccc7)c64)n5-c4ccccc4)ccc32)cc1. The summed E-state index contributed by atoms with van der Waals surface area (Å²) in [5.41, 5.74) is 13.2. The van der Waals surface area contributed by atoms with Crippen molar-refractivity contribution >= 4 is 65.4 Å². The molecule has 3 heterocycles. The van der Waals surface area contributed by atoms with E-state index in [0.29, 0.717) is 0 Å². The molecule has 0 amide bonds. The van der Waals surface area contributed by atoms with E-state index in [1.807, 2.05) is 0 Å². The first-order chi connectivity index (χ1) is 25.3. The van der Waals surface area contributed by atoms with Gasteiger partial charge < -0.3 is 13.7 Å². The molecular formula is C48H31N3. The Kier molecular flexibility index (Phi) is 5.96. The molecule has 238 valence electrons. The van der Waals surface area contributed by atoms with Gasteiger partial charge in [0.05, 0.1) is 33.1 Å². The fraction of sp³-hybridized carbons (Fsp3) is 0. The van der Waals surface area contributed by atoms with Crippen LogP contribution in [-0.4, -0.2) is 13.7 Å². The van der Waals surface area contributed by atoms with Crippen LogP contribution in [0.3, 0.4) is 0 Å². The van der Waals surface area contributed by atoms with Crippen molar-refractivity contribution in [3.05, 3.63) is 188 Å². The highest BCUT2D eigenvalue weighted by Gasteiger charge is 2.21. The van der Waals surface area contributed by atoms with Crippen molar-refractivity contribution in [1.82, 2.24) is 13.7 Å². The van der Waals surface area contributed by atoms with Crippen LogP contribution in [0, 0.1) is 0 Å². The Bertz CT molecular complexity index is 3110. The zero-order valence-electron chi connectivity index (χ0n) is 27.7. The Hall–Kier alpha value is -6.84. The van der Waals surface area contributed by atoms with Gasteiger partial charge in [0.25, 0.3) is 0 Å². The van der Waals surface area contributed by atoms with Gasteiger partial charge in [0.15, 0.2) is 0 Å². The Morgan fingerprint density at radius 1 is 0.255 bits per heavy atom. The first-order valence-corrected chi connectivity index (χ1v) is 17.5. The Labute approximate surface area is 294 Å². The number of aromatic nitrogens is 3. The number of nitrogens with zero attached hydrogens (tertiary/aromatic N) is 3. The highest BCUT2D eigenvalue weighted by molar-refractivity contribution is 6.26. The molecular weight excluding hydrogens is 619 g/mol. The molecule has 0 aliphatic heterocycles. The molecule has 0 aliphatic rings. The van der Waals surface area contributed by atoms with Gasteiger partial charge in [-0.05, 0) is 90.0 Å². The van der Waals surface area contributed by atoms with E-state index in [2.05, 4.69) is 202 Å². The van der Waals surface area contributed by atoms with Gasteiger partial charge in [0.2, 0.25) is 0 Å². The lowest BCUT2D eigenvalue weighted by atomic mass is 10.00. The van der Waals surface area contributed by atoms with Gasteiger partial charge in [-0.3, -0.25) is 0 Å². The predicted octanol–water partition coefficient (Wildman–Crippen LogP) is 12.6. The molecule has 0 saturated carbocycles. The standard InChI is InChI=1S/C48H31N3/c1-4-14-34(15-5-1)49-42-22-12-11-21-38(42)40-30-32(24-27-44(40)49)33-25-28-45-41(31-33)47-46(50(45)35-16-6-2-7-17-35)29-26-39-37-20-10-13-23-43(37)51(48(39)47)36-18-8-3-9-19-36/h1-31H. The monoisotopic (exact) mass is 649 g/mol. The summed E-state index contributed by atoms with van der Waals surface area (Å²) in [5.74, 6) is 0. The summed E-state index contributed by atoms with van der Waals surface area (Å²) in [6, 6.07) is 68.4. The molecule has 0 fully saturated rings. The van der Waals surface area contributed by atoms with E-state index in [1.165, 1.54) is 82.2 Å². The van der Waals surface area contributed by atoms with Crippen LogP contribution >= 0.6 is 0 Å². The zero-order chi connectivity index (χ0) is 33.5. The molecule has 8 aromatic carbocycles. The van der Waals surface area contributed by atoms with Gasteiger partial charge in [-0.1, -0.05) is 109 Å². The molecule has 51 heavy (non-hydrogen) atoms. The minimum atomic E-state index is 1.15.